The zero-order valence-corrected chi connectivity index (χ0v) is 12.8. The average molecular weight is 310 g/mol. The van der Waals surface area contributed by atoms with Crippen LogP contribution in [0.1, 0.15) is 16.1 Å². The monoisotopic (exact) mass is 310 g/mol. The Labute approximate surface area is 134 Å². The number of aromatic nitrogens is 2. The van der Waals surface area contributed by atoms with E-state index in [9.17, 15) is 4.79 Å². The molecule has 1 saturated heterocycles. The van der Waals surface area contributed by atoms with Crippen LogP contribution < -0.4 is 9.80 Å². The van der Waals surface area contributed by atoms with Crippen LogP contribution in [-0.2, 0) is 11.2 Å². The van der Waals surface area contributed by atoms with E-state index in [1.54, 1.807) is 11.0 Å². The molecular formula is C17H18N4O2. The van der Waals surface area contributed by atoms with Crippen LogP contribution in [0.4, 0.5) is 11.5 Å². The molecule has 6 heteroatoms. The number of nitrogens with zero attached hydrogens (tertiary/aromatic N) is 4. The first-order chi connectivity index (χ1) is 11.3. The maximum Gasteiger partial charge on any atom is 0.278 e. The number of anilines is 2. The van der Waals surface area contributed by atoms with Crippen molar-refractivity contribution in [1.29, 1.82) is 0 Å². The fraction of sp³-hybridized carbons (Fsp3) is 0.353. The predicted octanol–water partition coefficient (Wildman–Crippen LogP) is 1.52. The summed E-state index contributed by atoms with van der Waals surface area (Å²) >= 11 is 0. The summed E-state index contributed by atoms with van der Waals surface area (Å²) in [5, 5.41) is 8.37. The molecule has 2 aromatic rings. The Kier molecular flexibility index (Phi) is 3.67. The highest BCUT2D eigenvalue weighted by molar-refractivity contribution is 6.06. The van der Waals surface area contributed by atoms with Gasteiger partial charge in [0.05, 0.1) is 13.2 Å². The molecule has 2 aliphatic heterocycles. The summed E-state index contributed by atoms with van der Waals surface area (Å²) in [5.41, 5.74) is 2.58. The number of hydrogen-bond donors (Lipinski definition) is 0. The van der Waals surface area contributed by atoms with E-state index in [0.29, 0.717) is 25.5 Å². The van der Waals surface area contributed by atoms with Crippen LogP contribution in [0.15, 0.2) is 36.4 Å². The largest absolute Gasteiger partial charge is 0.378 e. The highest BCUT2D eigenvalue weighted by Crippen LogP contribution is 2.28. The average Bonchev–Trinajstić information content (AvgIpc) is 3.06. The molecule has 118 valence electrons. The fourth-order valence-electron chi connectivity index (χ4n) is 3.09. The number of para-hydroxylation sites is 1. The van der Waals surface area contributed by atoms with E-state index in [0.717, 1.165) is 31.0 Å². The third-order valence-electron chi connectivity index (χ3n) is 4.34. The van der Waals surface area contributed by atoms with Crippen LogP contribution >= 0.6 is 0 Å². The van der Waals surface area contributed by atoms with Crippen LogP contribution in [0.2, 0.25) is 0 Å². The number of benzene rings is 1. The highest BCUT2D eigenvalue weighted by atomic mass is 16.5. The Morgan fingerprint density at radius 3 is 2.61 bits per heavy atom. The smallest absolute Gasteiger partial charge is 0.278 e. The summed E-state index contributed by atoms with van der Waals surface area (Å²) in [6.45, 7) is 3.72. The number of hydrogen-bond acceptors (Lipinski definition) is 5. The molecule has 0 radical (unpaired) electrons. The van der Waals surface area contributed by atoms with Crippen molar-refractivity contribution in [3.8, 4) is 0 Å². The molecule has 1 aromatic carbocycles. The Balaban J connectivity index is 1.53. The van der Waals surface area contributed by atoms with Gasteiger partial charge in [0.15, 0.2) is 11.5 Å². The number of morpholine rings is 1. The number of fused-ring (bicyclic) bond motifs is 1. The number of rotatable bonds is 2. The molecule has 0 unspecified atom stereocenters. The molecule has 23 heavy (non-hydrogen) atoms. The van der Waals surface area contributed by atoms with Gasteiger partial charge in [0, 0.05) is 25.3 Å². The van der Waals surface area contributed by atoms with Gasteiger partial charge in [0.1, 0.15) is 0 Å². The maximum atomic E-state index is 12.7. The summed E-state index contributed by atoms with van der Waals surface area (Å²) in [5.74, 6) is 0.711. The summed E-state index contributed by atoms with van der Waals surface area (Å²) in [7, 11) is 0. The van der Waals surface area contributed by atoms with E-state index in [2.05, 4.69) is 21.2 Å². The first-order valence-electron chi connectivity index (χ1n) is 7.89. The SMILES string of the molecule is O=C(c1ccc(N2CCOCC2)nn1)N1CCc2ccccc21. The second-order valence-corrected chi connectivity index (χ2v) is 5.71. The normalized spacial score (nSPS) is 17.2. The van der Waals surface area contributed by atoms with E-state index in [4.69, 9.17) is 4.74 Å². The molecule has 2 aliphatic rings. The first-order valence-corrected chi connectivity index (χ1v) is 7.89. The van der Waals surface area contributed by atoms with Crippen molar-refractivity contribution in [2.75, 3.05) is 42.6 Å². The lowest BCUT2D eigenvalue weighted by atomic mass is 10.2. The Hall–Kier alpha value is -2.47. The lowest BCUT2D eigenvalue weighted by molar-refractivity contribution is 0.0983. The van der Waals surface area contributed by atoms with Crippen molar-refractivity contribution < 1.29 is 9.53 Å². The van der Waals surface area contributed by atoms with Gasteiger partial charge in [-0.05, 0) is 30.2 Å². The topological polar surface area (TPSA) is 58.6 Å². The molecule has 1 amide bonds. The standard InChI is InChI=1S/C17H18N4O2/c22-17(21-8-7-13-3-1-2-4-15(13)21)14-5-6-16(19-18-14)20-9-11-23-12-10-20/h1-6H,7-12H2. The number of carbonyl (C=O) groups is 1. The van der Waals surface area contributed by atoms with E-state index in [1.165, 1.54) is 5.56 Å². The zero-order valence-electron chi connectivity index (χ0n) is 12.8. The van der Waals surface area contributed by atoms with E-state index in [1.807, 2.05) is 24.3 Å². The minimum absolute atomic E-state index is 0.0871. The number of carbonyl (C=O) groups excluding carboxylic acids is 1. The van der Waals surface area contributed by atoms with Gasteiger partial charge in [-0.2, -0.15) is 0 Å². The molecule has 0 N–H and O–H groups in total. The molecule has 3 heterocycles. The molecule has 0 saturated carbocycles. The van der Waals surface area contributed by atoms with Crippen molar-refractivity contribution in [1.82, 2.24) is 10.2 Å². The van der Waals surface area contributed by atoms with Crippen molar-refractivity contribution in [3.05, 3.63) is 47.7 Å². The third kappa shape index (κ3) is 2.66. The van der Waals surface area contributed by atoms with Gasteiger partial charge in [0.2, 0.25) is 0 Å². The molecule has 0 aliphatic carbocycles. The van der Waals surface area contributed by atoms with Gasteiger partial charge in [-0.15, -0.1) is 10.2 Å². The van der Waals surface area contributed by atoms with Gasteiger partial charge in [-0.25, -0.2) is 0 Å². The minimum Gasteiger partial charge on any atom is -0.378 e. The molecule has 0 atom stereocenters. The maximum absolute atomic E-state index is 12.7. The van der Waals surface area contributed by atoms with Gasteiger partial charge < -0.3 is 14.5 Å². The van der Waals surface area contributed by atoms with Crippen molar-refractivity contribution in [2.45, 2.75) is 6.42 Å². The van der Waals surface area contributed by atoms with Crippen LogP contribution in [0.3, 0.4) is 0 Å². The Morgan fingerprint density at radius 2 is 1.83 bits per heavy atom. The van der Waals surface area contributed by atoms with Crippen LogP contribution in [-0.4, -0.2) is 49.0 Å². The molecular weight excluding hydrogens is 292 g/mol. The van der Waals surface area contributed by atoms with Gasteiger partial charge in [0.25, 0.3) is 5.91 Å². The number of ether oxygens (including phenoxy) is 1. The molecule has 0 spiro atoms. The van der Waals surface area contributed by atoms with Gasteiger partial charge >= 0.3 is 0 Å². The van der Waals surface area contributed by atoms with Gasteiger partial charge in [-0.3, -0.25) is 4.79 Å². The quantitative estimate of drug-likeness (QED) is 0.841. The second-order valence-electron chi connectivity index (χ2n) is 5.71. The number of amides is 1. The van der Waals surface area contributed by atoms with Crippen molar-refractivity contribution >= 4 is 17.4 Å². The Bertz CT molecular complexity index is 711. The Morgan fingerprint density at radius 1 is 1.00 bits per heavy atom. The molecule has 0 bridgehead atoms. The zero-order chi connectivity index (χ0) is 15.6. The van der Waals surface area contributed by atoms with Gasteiger partial charge in [-0.1, -0.05) is 18.2 Å². The minimum atomic E-state index is -0.0871. The summed E-state index contributed by atoms with van der Waals surface area (Å²) in [6, 6.07) is 11.6. The summed E-state index contributed by atoms with van der Waals surface area (Å²) < 4.78 is 5.33. The summed E-state index contributed by atoms with van der Waals surface area (Å²) in [4.78, 5) is 16.6. The lowest BCUT2D eigenvalue weighted by Crippen LogP contribution is -2.37. The predicted molar refractivity (Wildman–Crippen MR) is 86.9 cm³/mol. The lowest BCUT2D eigenvalue weighted by Gasteiger charge is -2.27. The van der Waals surface area contributed by atoms with E-state index >= 15 is 0 Å². The molecule has 6 nitrogen and oxygen atoms in total. The molecule has 1 aromatic heterocycles. The van der Waals surface area contributed by atoms with E-state index in [-0.39, 0.29) is 5.91 Å². The van der Waals surface area contributed by atoms with E-state index < -0.39 is 0 Å². The fourth-order valence-corrected chi connectivity index (χ4v) is 3.09. The second kappa shape index (κ2) is 5.96. The third-order valence-corrected chi connectivity index (χ3v) is 4.34. The molecule has 1 fully saturated rings. The van der Waals surface area contributed by atoms with Crippen LogP contribution in [0, 0.1) is 0 Å². The first kappa shape index (κ1) is 14.1. The van der Waals surface area contributed by atoms with Crippen molar-refractivity contribution in [3.63, 3.8) is 0 Å². The van der Waals surface area contributed by atoms with Crippen molar-refractivity contribution in [2.24, 2.45) is 0 Å². The van der Waals surface area contributed by atoms with Crippen LogP contribution in [0.5, 0.6) is 0 Å². The van der Waals surface area contributed by atoms with Crippen LogP contribution in [0.25, 0.3) is 0 Å². The molecule has 4 rings (SSSR count). The summed E-state index contributed by atoms with van der Waals surface area (Å²) in [6.07, 6.45) is 0.890. The highest BCUT2D eigenvalue weighted by Gasteiger charge is 2.26.